The SMILES string of the molecule is Cc1c(-c2ccccc2)nnn1CC(O)CC1(C#N)CCOCC1. The molecule has 1 N–H and O–H groups in total. The van der Waals surface area contributed by atoms with Crippen molar-refractivity contribution in [2.75, 3.05) is 13.2 Å². The molecule has 1 fully saturated rings. The first-order valence-electron chi connectivity index (χ1n) is 8.26. The number of hydrogen-bond acceptors (Lipinski definition) is 5. The zero-order valence-corrected chi connectivity index (χ0v) is 13.9. The molecule has 3 rings (SSSR count). The Bertz CT molecular complexity index is 714. The molecule has 2 aromatic rings. The van der Waals surface area contributed by atoms with Crippen molar-refractivity contribution in [1.82, 2.24) is 15.0 Å². The molecule has 126 valence electrons. The van der Waals surface area contributed by atoms with Crippen molar-refractivity contribution in [3.63, 3.8) is 0 Å². The lowest BCUT2D eigenvalue weighted by Gasteiger charge is -2.32. The van der Waals surface area contributed by atoms with Gasteiger partial charge in [0.25, 0.3) is 0 Å². The van der Waals surface area contributed by atoms with Gasteiger partial charge in [-0.1, -0.05) is 35.5 Å². The molecule has 2 heterocycles. The maximum Gasteiger partial charge on any atom is 0.115 e. The number of nitriles is 1. The maximum atomic E-state index is 10.5. The second-order valence-electron chi connectivity index (χ2n) is 6.43. The minimum Gasteiger partial charge on any atom is -0.391 e. The summed E-state index contributed by atoms with van der Waals surface area (Å²) in [4.78, 5) is 0. The molecule has 1 aliphatic heterocycles. The molecule has 0 spiro atoms. The van der Waals surface area contributed by atoms with Crippen LogP contribution in [0.25, 0.3) is 11.3 Å². The van der Waals surface area contributed by atoms with E-state index >= 15 is 0 Å². The van der Waals surface area contributed by atoms with Gasteiger partial charge in [-0.3, -0.25) is 0 Å². The number of aliphatic hydroxyl groups excluding tert-OH is 1. The van der Waals surface area contributed by atoms with E-state index in [0.29, 0.717) is 39.0 Å². The summed E-state index contributed by atoms with van der Waals surface area (Å²) < 4.78 is 7.06. The number of hydrogen-bond donors (Lipinski definition) is 1. The van der Waals surface area contributed by atoms with E-state index in [4.69, 9.17) is 4.74 Å². The number of aliphatic hydroxyl groups is 1. The van der Waals surface area contributed by atoms with Crippen LogP contribution >= 0.6 is 0 Å². The van der Waals surface area contributed by atoms with E-state index in [0.717, 1.165) is 17.0 Å². The van der Waals surface area contributed by atoms with Gasteiger partial charge >= 0.3 is 0 Å². The zero-order chi connectivity index (χ0) is 17.0. The van der Waals surface area contributed by atoms with Gasteiger partial charge in [-0.2, -0.15) is 5.26 Å². The summed E-state index contributed by atoms with van der Waals surface area (Å²) in [6.07, 6.45) is 1.15. The third-order valence-electron chi connectivity index (χ3n) is 4.73. The molecule has 1 saturated heterocycles. The van der Waals surface area contributed by atoms with Crippen LogP contribution in [-0.2, 0) is 11.3 Å². The van der Waals surface area contributed by atoms with E-state index in [1.54, 1.807) is 4.68 Å². The average molecular weight is 326 g/mol. The summed E-state index contributed by atoms with van der Waals surface area (Å²) in [7, 11) is 0. The van der Waals surface area contributed by atoms with Crippen LogP contribution in [0.15, 0.2) is 30.3 Å². The molecular formula is C18H22N4O2. The van der Waals surface area contributed by atoms with Crippen LogP contribution < -0.4 is 0 Å². The Kier molecular flexibility index (Phi) is 4.93. The van der Waals surface area contributed by atoms with Crippen LogP contribution in [0.5, 0.6) is 0 Å². The molecule has 0 aliphatic carbocycles. The van der Waals surface area contributed by atoms with Crippen molar-refractivity contribution in [2.45, 2.75) is 38.8 Å². The predicted octanol–water partition coefficient (Wildman–Crippen LogP) is 2.32. The van der Waals surface area contributed by atoms with Crippen LogP contribution in [0.3, 0.4) is 0 Å². The Hall–Kier alpha value is -2.23. The number of ether oxygens (including phenoxy) is 1. The quantitative estimate of drug-likeness (QED) is 0.911. The summed E-state index contributed by atoms with van der Waals surface area (Å²) in [5.74, 6) is 0. The van der Waals surface area contributed by atoms with Gasteiger partial charge in [0, 0.05) is 18.8 Å². The number of nitrogens with zero attached hydrogens (tertiary/aromatic N) is 4. The maximum absolute atomic E-state index is 10.5. The molecule has 1 aliphatic rings. The summed E-state index contributed by atoms with van der Waals surface area (Å²) in [6.45, 7) is 3.46. The van der Waals surface area contributed by atoms with Crippen LogP contribution in [0, 0.1) is 23.7 Å². The number of rotatable bonds is 5. The Morgan fingerprint density at radius 1 is 1.33 bits per heavy atom. The molecule has 6 heteroatoms. The lowest BCUT2D eigenvalue weighted by atomic mass is 9.77. The van der Waals surface area contributed by atoms with E-state index in [2.05, 4.69) is 16.4 Å². The molecule has 0 radical (unpaired) electrons. The second kappa shape index (κ2) is 7.12. The average Bonchev–Trinajstić information content (AvgIpc) is 2.97. The van der Waals surface area contributed by atoms with Gasteiger partial charge < -0.3 is 9.84 Å². The van der Waals surface area contributed by atoms with Gasteiger partial charge in [0.2, 0.25) is 0 Å². The molecular weight excluding hydrogens is 304 g/mol. The minimum absolute atomic E-state index is 0.343. The minimum atomic E-state index is -0.633. The second-order valence-corrected chi connectivity index (χ2v) is 6.43. The fraction of sp³-hybridized carbons (Fsp3) is 0.500. The van der Waals surface area contributed by atoms with Gasteiger partial charge in [0.05, 0.1) is 29.8 Å². The van der Waals surface area contributed by atoms with Crippen molar-refractivity contribution in [3.05, 3.63) is 36.0 Å². The molecule has 1 aromatic heterocycles. The summed E-state index contributed by atoms with van der Waals surface area (Å²) in [5.41, 5.74) is 2.25. The normalized spacial score (nSPS) is 18.0. The Labute approximate surface area is 141 Å². The smallest absolute Gasteiger partial charge is 0.115 e. The first kappa shape index (κ1) is 16.6. The third kappa shape index (κ3) is 3.48. The molecule has 0 amide bonds. The predicted molar refractivity (Wildman–Crippen MR) is 88.9 cm³/mol. The van der Waals surface area contributed by atoms with E-state index in [1.165, 1.54) is 0 Å². The highest BCUT2D eigenvalue weighted by Crippen LogP contribution is 2.35. The molecule has 1 aromatic carbocycles. The van der Waals surface area contributed by atoms with Crippen molar-refractivity contribution in [3.8, 4) is 17.3 Å². The Balaban J connectivity index is 1.70. The van der Waals surface area contributed by atoms with Crippen LogP contribution in [0.4, 0.5) is 0 Å². The van der Waals surface area contributed by atoms with Crippen molar-refractivity contribution in [2.24, 2.45) is 5.41 Å². The van der Waals surface area contributed by atoms with Crippen molar-refractivity contribution < 1.29 is 9.84 Å². The van der Waals surface area contributed by atoms with E-state index in [1.807, 2.05) is 37.3 Å². The standard InChI is InChI=1S/C18H22N4O2/c1-14-17(15-5-3-2-4-6-15)20-21-22(14)12-16(23)11-18(13-19)7-9-24-10-8-18/h2-6,16,23H,7-12H2,1H3. The molecule has 0 saturated carbocycles. The highest BCUT2D eigenvalue weighted by molar-refractivity contribution is 5.60. The first-order chi connectivity index (χ1) is 11.6. The Morgan fingerprint density at radius 2 is 2.04 bits per heavy atom. The van der Waals surface area contributed by atoms with Gasteiger partial charge in [-0.25, -0.2) is 4.68 Å². The topological polar surface area (TPSA) is 84.0 Å². The first-order valence-corrected chi connectivity index (χ1v) is 8.26. The monoisotopic (exact) mass is 326 g/mol. The number of aromatic nitrogens is 3. The highest BCUT2D eigenvalue weighted by atomic mass is 16.5. The third-order valence-corrected chi connectivity index (χ3v) is 4.73. The Morgan fingerprint density at radius 3 is 2.71 bits per heavy atom. The molecule has 1 atom stereocenters. The molecule has 24 heavy (non-hydrogen) atoms. The van der Waals surface area contributed by atoms with Crippen molar-refractivity contribution in [1.29, 1.82) is 5.26 Å². The largest absolute Gasteiger partial charge is 0.391 e. The lowest BCUT2D eigenvalue weighted by molar-refractivity contribution is 0.00993. The fourth-order valence-electron chi connectivity index (χ4n) is 3.24. The van der Waals surface area contributed by atoms with Crippen LogP contribution in [-0.4, -0.2) is 39.4 Å². The fourth-order valence-corrected chi connectivity index (χ4v) is 3.24. The molecule has 1 unspecified atom stereocenters. The number of benzene rings is 1. The molecule has 6 nitrogen and oxygen atoms in total. The van der Waals surface area contributed by atoms with Gasteiger partial charge in [0.1, 0.15) is 5.69 Å². The summed E-state index contributed by atoms with van der Waals surface area (Å²) >= 11 is 0. The van der Waals surface area contributed by atoms with E-state index < -0.39 is 11.5 Å². The van der Waals surface area contributed by atoms with Crippen LogP contribution in [0.2, 0.25) is 0 Å². The van der Waals surface area contributed by atoms with E-state index in [9.17, 15) is 10.4 Å². The summed E-state index contributed by atoms with van der Waals surface area (Å²) in [6, 6.07) is 12.3. The molecule has 0 bridgehead atoms. The van der Waals surface area contributed by atoms with Crippen LogP contribution in [0.1, 0.15) is 25.0 Å². The van der Waals surface area contributed by atoms with E-state index in [-0.39, 0.29) is 0 Å². The zero-order valence-electron chi connectivity index (χ0n) is 13.9. The van der Waals surface area contributed by atoms with Gasteiger partial charge in [0.15, 0.2) is 0 Å². The lowest BCUT2D eigenvalue weighted by Crippen LogP contribution is -2.33. The van der Waals surface area contributed by atoms with Gasteiger partial charge in [-0.15, -0.1) is 5.10 Å². The highest BCUT2D eigenvalue weighted by Gasteiger charge is 2.35. The summed E-state index contributed by atoms with van der Waals surface area (Å²) in [5, 5.41) is 28.4. The van der Waals surface area contributed by atoms with Gasteiger partial charge in [-0.05, 0) is 26.2 Å². The van der Waals surface area contributed by atoms with Crippen molar-refractivity contribution >= 4 is 0 Å².